The van der Waals surface area contributed by atoms with Crippen molar-refractivity contribution in [2.45, 2.75) is 6.42 Å². The lowest BCUT2D eigenvalue weighted by atomic mass is 10.0. The zero-order chi connectivity index (χ0) is 12.7. The van der Waals surface area contributed by atoms with Crippen LogP contribution in [0.4, 0.5) is 0 Å². The molecule has 2 aromatic heterocycles. The first kappa shape index (κ1) is 10.2. The standard InChI is InChI=1S/C13H8N6/c1-3-10-12(16-18-14-10)6-8(1)5-9-2-4-11-13(7-9)17-19-15-11/h1-4H,5H2,(H,14,16,18)(H,15,17,19). The number of H-pyrrole nitrogens is 2. The van der Waals surface area contributed by atoms with Crippen LogP contribution in [0.3, 0.4) is 0 Å². The molecule has 0 spiro atoms. The summed E-state index contributed by atoms with van der Waals surface area (Å²) in [5.41, 5.74) is 5.36. The molecule has 19 heavy (non-hydrogen) atoms. The van der Waals surface area contributed by atoms with Crippen molar-refractivity contribution in [1.29, 1.82) is 0 Å². The normalized spacial score (nSPS) is 11.4. The van der Waals surface area contributed by atoms with E-state index in [1.165, 1.54) is 0 Å². The number of aromatic amines is 2. The zero-order valence-corrected chi connectivity index (χ0v) is 9.81. The second-order valence-electron chi connectivity index (χ2n) is 4.29. The van der Waals surface area contributed by atoms with Crippen LogP contribution in [0, 0.1) is 12.1 Å². The van der Waals surface area contributed by atoms with Gasteiger partial charge in [0.2, 0.25) is 0 Å². The van der Waals surface area contributed by atoms with Crippen LogP contribution in [0.1, 0.15) is 11.1 Å². The highest BCUT2D eigenvalue weighted by Gasteiger charge is 2.04. The Balaban J connectivity index is 1.72. The van der Waals surface area contributed by atoms with Gasteiger partial charge in [0.15, 0.2) is 0 Å². The van der Waals surface area contributed by atoms with Gasteiger partial charge in [-0.2, -0.15) is 0 Å². The van der Waals surface area contributed by atoms with Gasteiger partial charge in [-0.25, -0.2) is 0 Å². The van der Waals surface area contributed by atoms with Crippen LogP contribution in [0.2, 0.25) is 0 Å². The van der Waals surface area contributed by atoms with Gasteiger partial charge in [0.25, 0.3) is 0 Å². The summed E-state index contributed by atoms with van der Waals surface area (Å²) in [5.74, 6) is 0. The minimum Gasteiger partial charge on any atom is -0.258 e. The number of nitrogens with one attached hydrogen (secondary N) is 2. The Kier molecular flexibility index (Phi) is 2.08. The summed E-state index contributed by atoms with van der Waals surface area (Å²) in [7, 11) is 0. The second kappa shape index (κ2) is 3.88. The molecule has 0 amide bonds. The fraction of sp³-hybridized carbons (Fsp3) is 0.0769. The molecule has 6 nitrogen and oxygen atoms in total. The van der Waals surface area contributed by atoms with Gasteiger partial charge in [-0.1, -0.05) is 22.6 Å². The summed E-state index contributed by atoms with van der Waals surface area (Å²) in [5, 5.41) is 21.0. The van der Waals surface area contributed by atoms with Gasteiger partial charge in [-0.3, -0.25) is 10.2 Å². The number of benzene rings is 2. The highest BCUT2D eigenvalue weighted by atomic mass is 15.3. The van der Waals surface area contributed by atoms with E-state index in [4.69, 9.17) is 0 Å². The Morgan fingerprint density at radius 2 is 1.32 bits per heavy atom. The maximum absolute atomic E-state index is 3.96. The molecule has 0 aliphatic carbocycles. The van der Waals surface area contributed by atoms with Crippen LogP contribution >= 0.6 is 0 Å². The van der Waals surface area contributed by atoms with E-state index < -0.39 is 0 Å². The van der Waals surface area contributed by atoms with Gasteiger partial charge in [0.1, 0.15) is 11.0 Å². The Labute approximate surface area is 107 Å². The molecule has 2 radical (unpaired) electrons. The first-order valence-electron chi connectivity index (χ1n) is 5.82. The molecule has 0 aliphatic heterocycles. The summed E-state index contributed by atoms with van der Waals surface area (Å²) in [4.78, 5) is 0. The maximum atomic E-state index is 3.96. The molecular weight excluding hydrogens is 240 g/mol. The molecule has 0 saturated carbocycles. The Bertz CT molecular complexity index is 787. The molecule has 2 aromatic carbocycles. The van der Waals surface area contributed by atoms with E-state index in [2.05, 4.69) is 43.0 Å². The second-order valence-corrected chi connectivity index (χ2v) is 4.29. The van der Waals surface area contributed by atoms with Crippen molar-refractivity contribution < 1.29 is 0 Å². The van der Waals surface area contributed by atoms with Gasteiger partial charge < -0.3 is 0 Å². The molecule has 0 bridgehead atoms. The van der Waals surface area contributed by atoms with E-state index >= 15 is 0 Å². The average molecular weight is 248 g/mol. The van der Waals surface area contributed by atoms with Crippen molar-refractivity contribution >= 4 is 22.1 Å². The smallest absolute Gasteiger partial charge is 0.121 e. The molecule has 6 heteroatoms. The lowest BCUT2D eigenvalue weighted by Crippen LogP contribution is -1.89. The van der Waals surface area contributed by atoms with Gasteiger partial charge in [-0.15, -0.1) is 10.2 Å². The molecule has 0 fully saturated rings. The van der Waals surface area contributed by atoms with E-state index in [1.807, 2.05) is 24.3 Å². The van der Waals surface area contributed by atoms with E-state index in [0.717, 1.165) is 39.6 Å². The topological polar surface area (TPSA) is 83.1 Å². The molecule has 4 aromatic rings. The molecule has 90 valence electrons. The van der Waals surface area contributed by atoms with Gasteiger partial charge in [0, 0.05) is 12.1 Å². The quantitative estimate of drug-likeness (QED) is 0.562. The van der Waals surface area contributed by atoms with Crippen molar-refractivity contribution in [3.8, 4) is 0 Å². The predicted octanol–water partition coefficient (Wildman–Crippen LogP) is 1.42. The third kappa shape index (κ3) is 1.74. The SMILES string of the molecule is [c]1c(Cc2[c]c3nn[nH]c3cc2)ccc2[nH]nnc12. The summed E-state index contributed by atoms with van der Waals surface area (Å²) in [6.45, 7) is 0. The monoisotopic (exact) mass is 248 g/mol. The average Bonchev–Trinajstić information content (AvgIpc) is 3.05. The Morgan fingerprint density at radius 3 is 1.84 bits per heavy atom. The summed E-state index contributed by atoms with van der Waals surface area (Å²) in [6, 6.07) is 14.4. The summed E-state index contributed by atoms with van der Waals surface area (Å²) < 4.78 is 0. The van der Waals surface area contributed by atoms with E-state index in [-0.39, 0.29) is 0 Å². The highest BCUT2D eigenvalue weighted by Crippen LogP contribution is 2.16. The number of hydrogen-bond donors (Lipinski definition) is 2. The van der Waals surface area contributed by atoms with Crippen LogP contribution in [-0.4, -0.2) is 30.8 Å². The first-order chi connectivity index (χ1) is 9.38. The highest BCUT2D eigenvalue weighted by molar-refractivity contribution is 5.74. The molecular formula is C13H8N6. The van der Waals surface area contributed by atoms with Crippen molar-refractivity contribution in [3.63, 3.8) is 0 Å². The number of rotatable bonds is 2. The van der Waals surface area contributed by atoms with Gasteiger partial charge in [0.05, 0.1) is 11.0 Å². The van der Waals surface area contributed by atoms with Gasteiger partial charge >= 0.3 is 0 Å². The molecule has 0 aliphatic rings. The van der Waals surface area contributed by atoms with Crippen LogP contribution < -0.4 is 0 Å². The fourth-order valence-corrected chi connectivity index (χ4v) is 2.06. The van der Waals surface area contributed by atoms with E-state index in [9.17, 15) is 0 Å². The Hall–Kier alpha value is -2.76. The minimum absolute atomic E-state index is 0.728. The van der Waals surface area contributed by atoms with Crippen molar-refractivity contribution in [1.82, 2.24) is 30.8 Å². The van der Waals surface area contributed by atoms with Crippen molar-refractivity contribution in [2.24, 2.45) is 0 Å². The maximum Gasteiger partial charge on any atom is 0.121 e. The summed E-state index contributed by atoms with van der Waals surface area (Å²) >= 11 is 0. The minimum atomic E-state index is 0.728. The van der Waals surface area contributed by atoms with Crippen molar-refractivity contribution in [3.05, 3.63) is 47.5 Å². The third-order valence-electron chi connectivity index (χ3n) is 2.99. The molecule has 4 rings (SSSR count). The lowest BCUT2D eigenvalue weighted by Gasteiger charge is -2.00. The molecule has 2 N–H and O–H groups in total. The predicted molar refractivity (Wildman–Crippen MR) is 68.3 cm³/mol. The fourth-order valence-electron chi connectivity index (χ4n) is 2.06. The number of fused-ring (bicyclic) bond motifs is 2. The first-order valence-corrected chi connectivity index (χ1v) is 5.82. The lowest BCUT2D eigenvalue weighted by molar-refractivity contribution is 0.959. The molecule has 0 unspecified atom stereocenters. The van der Waals surface area contributed by atoms with Crippen LogP contribution in [0.15, 0.2) is 24.3 Å². The van der Waals surface area contributed by atoms with Crippen LogP contribution in [0.5, 0.6) is 0 Å². The third-order valence-corrected chi connectivity index (χ3v) is 2.99. The number of hydrogen-bond acceptors (Lipinski definition) is 4. The van der Waals surface area contributed by atoms with E-state index in [1.54, 1.807) is 0 Å². The zero-order valence-electron chi connectivity index (χ0n) is 9.81. The number of nitrogens with zero attached hydrogens (tertiary/aromatic N) is 4. The largest absolute Gasteiger partial charge is 0.258 e. The molecule has 0 saturated heterocycles. The molecule has 0 atom stereocenters. The van der Waals surface area contributed by atoms with Gasteiger partial charge in [-0.05, 0) is 29.7 Å². The van der Waals surface area contributed by atoms with Crippen LogP contribution in [-0.2, 0) is 6.42 Å². The number of aromatic nitrogens is 6. The molecule has 2 heterocycles. The van der Waals surface area contributed by atoms with Crippen LogP contribution in [0.25, 0.3) is 22.1 Å². The summed E-state index contributed by atoms with van der Waals surface area (Å²) in [6.07, 6.45) is 0.728. The Morgan fingerprint density at radius 1 is 0.789 bits per heavy atom. The van der Waals surface area contributed by atoms with E-state index in [0.29, 0.717) is 0 Å². The van der Waals surface area contributed by atoms with Crippen molar-refractivity contribution in [2.75, 3.05) is 0 Å².